The highest BCUT2D eigenvalue weighted by Gasteiger charge is 2.08. The SMILES string of the molecule is Cc1cc(C(=O)NCc2cscc2C)ccc1O. The Balaban J connectivity index is 2.04. The van der Waals surface area contributed by atoms with E-state index in [9.17, 15) is 9.90 Å². The lowest BCUT2D eigenvalue weighted by Gasteiger charge is -2.06. The van der Waals surface area contributed by atoms with Gasteiger partial charge in [-0.25, -0.2) is 0 Å². The third kappa shape index (κ3) is 2.71. The smallest absolute Gasteiger partial charge is 0.251 e. The number of aromatic hydroxyl groups is 1. The molecule has 2 rings (SSSR count). The average molecular weight is 261 g/mol. The highest BCUT2D eigenvalue weighted by molar-refractivity contribution is 7.08. The number of nitrogens with one attached hydrogen (secondary N) is 1. The molecule has 1 amide bonds. The fourth-order valence-corrected chi connectivity index (χ4v) is 2.50. The third-order valence-corrected chi connectivity index (χ3v) is 3.77. The van der Waals surface area contributed by atoms with E-state index in [1.807, 2.05) is 12.3 Å². The number of rotatable bonds is 3. The van der Waals surface area contributed by atoms with E-state index >= 15 is 0 Å². The van der Waals surface area contributed by atoms with Crippen LogP contribution in [0, 0.1) is 13.8 Å². The maximum atomic E-state index is 11.9. The second kappa shape index (κ2) is 5.23. The van der Waals surface area contributed by atoms with E-state index in [-0.39, 0.29) is 11.7 Å². The van der Waals surface area contributed by atoms with Gasteiger partial charge in [-0.2, -0.15) is 11.3 Å². The van der Waals surface area contributed by atoms with Gasteiger partial charge in [-0.3, -0.25) is 4.79 Å². The van der Waals surface area contributed by atoms with Crippen LogP contribution in [0.15, 0.2) is 29.0 Å². The minimum absolute atomic E-state index is 0.122. The van der Waals surface area contributed by atoms with Crippen LogP contribution in [0.5, 0.6) is 5.75 Å². The number of amides is 1. The minimum Gasteiger partial charge on any atom is -0.508 e. The van der Waals surface area contributed by atoms with Crippen LogP contribution in [0.1, 0.15) is 27.0 Å². The standard InChI is InChI=1S/C14H15NO2S/c1-9-5-11(3-4-13(9)16)14(17)15-6-12-8-18-7-10(12)2/h3-5,7-8,16H,6H2,1-2H3,(H,15,17). The Bertz CT molecular complexity index is 575. The van der Waals surface area contributed by atoms with Crippen LogP contribution in [0.3, 0.4) is 0 Å². The van der Waals surface area contributed by atoms with Crippen molar-refractivity contribution in [2.75, 3.05) is 0 Å². The Morgan fingerprint density at radius 1 is 1.28 bits per heavy atom. The van der Waals surface area contributed by atoms with Gasteiger partial charge in [0.05, 0.1) is 0 Å². The zero-order valence-electron chi connectivity index (χ0n) is 10.4. The lowest BCUT2D eigenvalue weighted by molar-refractivity contribution is 0.0951. The summed E-state index contributed by atoms with van der Waals surface area (Å²) in [5.74, 6) is 0.0870. The third-order valence-electron chi connectivity index (χ3n) is 2.86. The molecule has 0 bridgehead atoms. The maximum Gasteiger partial charge on any atom is 0.251 e. The normalized spacial score (nSPS) is 10.3. The summed E-state index contributed by atoms with van der Waals surface area (Å²) in [5, 5.41) is 16.4. The van der Waals surface area contributed by atoms with Gasteiger partial charge < -0.3 is 10.4 Å². The first-order valence-corrected chi connectivity index (χ1v) is 6.61. The molecule has 0 atom stereocenters. The Kier molecular flexibility index (Phi) is 3.67. The van der Waals surface area contributed by atoms with Gasteiger partial charge in [0.1, 0.15) is 5.75 Å². The molecule has 0 aliphatic rings. The molecule has 1 aromatic carbocycles. The summed E-state index contributed by atoms with van der Waals surface area (Å²) >= 11 is 1.63. The molecule has 0 fully saturated rings. The highest BCUT2D eigenvalue weighted by atomic mass is 32.1. The van der Waals surface area contributed by atoms with Crippen LogP contribution in [0.4, 0.5) is 0 Å². The van der Waals surface area contributed by atoms with Crippen LogP contribution < -0.4 is 5.32 Å². The number of phenols is 1. The lowest BCUT2D eigenvalue weighted by Crippen LogP contribution is -2.22. The Morgan fingerprint density at radius 2 is 2.06 bits per heavy atom. The van der Waals surface area contributed by atoms with Crippen LogP contribution in [-0.2, 0) is 6.54 Å². The Hall–Kier alpha value is -1.81. The van der Waals surface area contributed by atoms with Crippen LogP contribution >= 0.6 is 11.3 Å². The monoisotopic (exact) mass is 261 g/mol. The number of benzene rings is 1. The van der Waals surface area contributed by atoms with Crippen molar-refractivity contribution in [1.82, 2.24) is 5.32 Å². The second-order valence-corrected chi connectivity index (χ2v) is 5.01. The quantitative estimate of drug-likeness (QED) is 0.892. The van der Waals surface area contributed by atoms with Gasteiger partial charge in [-0.05, 0) is 59.5 Å². The summed E-state index contributed by atoms with van der Waals surface area (Å²) in [6, 6.07) is 4.85. The maximum absolute atomic E-state index is 11.9. The summed E-state index contributed by atoms with van der Waals surface area (Å²) < 4.78 is 0. The van der Waals surface area contributed by atoms with Crippen LogP contribution in [-0.4, -0.2) is 11.0 Å². The Morgan fingerprint density at radius 3 is 2.67 bits per heavy atom. The molecular formula is C14H15NO2S. The summed E-state index contributed by atoms with van der Waals surface area (Å²) in [4.78, 5) is 11.9. The van der Waals surface area contributed by atoms with Crippen molar-refractivity contribution in [3.63, 3.8) is 0 Å². The van der Waals surface area contributed by atoms with Crippen molar-refractivity contribution in [2.24, 2.45) is 0 Å². The fourth-order valence-electron chi connectivity index (χ4n) is 1.64. The van der Waals surface area contributed by atoms with E-state index in [2.05, 4.69) is 10.7 Å². The van der Waals surface area contributed by atoms with Gasteiger partial charge in [0.2, 0.25) is 0 Å². The largest absolute Gasteiger partial charge is 0.508 e. The molecule has 1 heterocycles. The van der Waals surface area contributed by atoms with Crippen molar-refractivity contribution in [3.8, 4) is 5.75 Å². The molecule has 18 heavy (non-hydrogen) atoms. The number of thiophene rings is 1. The molecule has 0 saturated heterocycles. The molecule has 0 aliphatic heterocycles. The van der Waals surface area contributed by atoms with Crippen molar-refractivity contribution < 1.29 is 9.90 Å². The molecule has 3 nitrogen and oxygen atoms in total. The van der Waals surface area contributed by atoms with Crippen molar-refractivity contribution in [1.29, 1.82) is 0 Å². The summed E-state index contributed by atoms with van der Waals surface area (Å²) in [6.45, 7) is 4.34. The predicted octanol–water partition coefficient (Wildman–Crippen LogP) is 3.00. The van der Waals surface area contributed by atoms with Gasteiger partial charge in [-0.1, -0.05) is 0 Å². The van der Waals surface area contributed by atoms with Crippen LogP contribution in [0.2, 0.25) is 0 Å². The molecule has 0 spiro atoms. The second-order valence-electron chi connectivity index (χ2n) is 4.26. The van der Waals surface area contributed by atoms with Crippen molar-refractivity contribution in [3.05, 3.63) is 51.2 Å². The number of carbonyl (C=O) groups is 1. The van der Waals surface area contributed by atoms with E-state index in [0.717, 1.165) is 5.56 Å². The molecular weight excluding hydrogens is 246 g/mol. The number of aryl methyl sites for hydroxylation is 2. The van der Waals surface area contributed by atoms with Gasteiger partial charge in [0.15, 0.2) is 0 Å². The fraction of sp³-hybridized carbons (Fsp3) is 0.214. The first-order chi connectivity index (χ1) is 8.58. The predicted molar refractivity (Wildman–Crippen MR) is 73.1 cm³/mol. The van der Waals surface area contributed by atoms with Gasteiger partial charge in [0, 0.05) is 12.1 Å². The van der Waals surface area contributed by atoms with E-state index in [1.165, 1.54) is 5.56 Å². The zero-order chi connectivity index (χ0) is 13.1. The van der Waals surface area contributed by atoms with Gasteiger partial charge in [0.25, 0.3) is 5.91 Å². The van der Waals surface area contributed by atoms with Crippen LogP contribution in [0.25, 0.3) is 0 Å². The van der Waals surface area contributed by atoms with Crippen molar-refractivity contribution in [2.45, 2.75) is 20.4 Å². The van der Waals surface area contributed by atoms with E-state index in [1.54, 1.807) is 36.5 Å². The minimum atomic E-state index is -0.122. The molecule has 0 radical (unpaired) electrons. The average Bonchev–Trinajstić information content (AvgIpc) is 2.75. The molecule has 2 aromatic rings. The summed E-state index contributed by atoms with van der Waals surface area (Å²) in [5.41, 5.74) is 3.61. The molecule has 0 saturated carbocycles. The lowest BCUT2D eigenvalue weighted by atomic mass is 10.1. The number of phenolic OH excluding ortho intramolecular Hbond substituents is 1. The van der Waals surface area contributed by atoms with E-state index in [0.29, 0.717) is 17.7 Å². The molecule has 4 heteroatoms. The first-order valence-electron chi connectivity index (χ1n) is 5.67. The summed E-state index contributed by atoms with van der Waals surface area (Å²) in [7, 11) is 0. The number of hydrogen-bond acceptors (Lipinski definition) is 3. The number of carbonyl (C=O) groups excluding carboxylic acids is 1. The summed E-state index contributed by atoms with van der Waals surface area (Å²) in [6.07, 6.45) is 0. The van der Waals surface area contributed by atoms with E-state index < -0.39 is 0 Å². The number of hydrogen-bond donors (Lipinski definition) is 2. The van der Waals surface area contributed by atoms with Crippen molar-refractivity contribution >= 4 is 17.2 Å². The molecule has 94 valence electrons. The molecule has 0 aliphatic carbocycles. The highest BCUT2D eigenvalue weighted by Crippen LogP contribution is 2.17. The topological polar surface area (TPSA) is 49.3 Å². The Labute approximate surface area is 110 Å². The molecule has 1 aromatic heterocycles. The zero-order valence-corrected chi connectivity index (χ0v) is 11.2. The van der Waals surface area contributed by atoms with E-state index in [4.69, 9.17) is 0 Å². The van der Waals surface area contributed by atoms with Gasteiger partial charge in [-0.15, -0.1) is 0 Å². The molecule has 0 unspecified atom stereocenters. The first kappa shape index (κ1) is 12.6. The van der Waals surface area contributed by atoms with Gasteiger partial charge >= 0.3 is 0 Å². The molecule has 2 N–H and O–H groups in total.